The van der Waals surface area contributed by atoms with Gasteiger partial charge in [-0.2, -0.15) is 0 Å². The molecule has 0 bridgehead atoms. The van der Waals surface area contributed by atoms with Gasteiger partial charge in [-0.1, -0.05) is 27.2 Å². The highest BCUT2D eigenvalue weighted by Crippen LogP contribution is 1.93. The summed E-state index contributed by atoms with van der Waals surface area (Å²) in [5.74, 6) is 0.884. The molecular weight excluding hydrogens is 140 g/mol. The molecule has 0 N–H and O–H groups in total. The summed E-state index contributed by atoms with van der Waals surface area (Å²) in [5.41, 5.74) is 0. The lowest BCUT2D eigenvalue weighted by molar-refractivity contribution is 0.626. The Labute approximate surface area is 50.7 Å². The largest absolute Gasteiger partial charge is 0.114 e. The summed E-state index contributed by atoms with van der Waals surface area (Å²) in [5, 5.41) is 0. The first-order chi connectivity index (χ1) is 2.27. The van der Waals surface area contributed by atoms with E-state index < -0.39 is 0 Å². The maximum Gasteiger partial charge on any atom is -0.0474 e. The highest BCUT2D eigenvalue weighted by Gasteiger charge is 1.80. The molecule has 0 radical (unpaired) electrons. The summed E-state index contributed by atoms with van der Waals surface area (Å²) in [6, 6.07) is 0. The quantitative estimate of drug-likeness (QED) is 0.543. The fraction of sp³-hybridized carbons (Fsp3) is 1.00. The summed E-state index contributed by atoms with van der Waals surface area (Å²) >= 11 is 0. The van der Waals surface area contributed by atoms with Crippen molar-refractivity contribution in [2.45, 2.75) is 27.2 Å². The van der Waals surface area contributed by atoms with Gasteiger partial charge in [-0.15, -0.1) is 17.0 Å². The Bertz CT molecular complexity index is 17.9. The minimum absolute atomic E-state index is 0. The molecule has 0 nitrogen and oxygen atoms in total. The standard InChI is InChI=1S/C5H12.BrH/c1-4-5(2)3;/h5H,4H2,1-3H3;1H. The van der Waals surface area contributed by atoms with Gasteiger partial charge in [-0.3, -0.25) is 0 Å². The molecule has 0 aromatic carbocycles. The van der Waals surface area contributed by atoms with Crippen molar-refractivity contribution in [3.8, 4) is 0 Å². The monoisotopic (exact) mass is 152 g/mol. The van der Waals surface area contributed by atoms with Crippen LogP contribution in [0.25, 0.3) is 0 Å². The third-order valence-corrected chi connectivity index (χ3v) is 0.816. The predicted molar refractivity (Wildman–Crippen MR) is 35.5 cm³/mol. The van der Waals surface area contributed by atoms with E-state index in [4.69, 9.17) is 0 Å². The van der Waals surface area contributed by atoms with Crippen molar-refractivity contribution in [2.24, 2.45) is 5.92 Å². The Morgan fingerprint density at radius 3 is 1.50 bits per heavy atom. The maximum atomic E-state index is 2.22. The molecule has 0 fully saturated rings. The van der Waals surface area contributed by atoms with Gasteiger partial charge in [0.1, 0.15) is 0 Å². The molecule has 0 atom stereocenters. The average molecular weight is 153 g/mol. The van der Waals surface area contributed by atoms with Gasteiger partial charge in [0.2, 0.25) is 0 Å². The Kier molecular flexibility index (Phi) is 8.86. The lowest BCUT2D eigenvalue weighted by Crippen LogP contribution is -1.77. The maximum absolute atomic E-state index is 2.22. The van der Waals surface area contributed by atoms with Gasteiger partial charge in [0.25, 0.3) is 0 Å². The van der Waals surface area contributed by atoms with Gasteiger partial charge in [0.15, 0.2) is 0 Å². The fourth-order valence-corrected chi connectivity index (χ4v) is 0. The van der Waals surface area contributed by atoms with Gasteiger partial charge in [0, 0.05) is 0 Å². The fourth-order valence-electron chi connectivity index (χ4n) is 0. The van der Waals surface area contributed by atoms with Crippen molar-refractivity contribution in [1.82, 2.24) is 0 Å². The van der Waals surface area contributed by atoms with E-state index in [1.165, 1.54) is 6.42 Å². The molecule has 1 heteroatoms. The van der Waals surface area contributed by atoms with E-state index in [2.05, 4.69) is 20.8 Å². The summed E-state index contributed by atoms with van der Waals surface area (Å²) in [6.07, 6.45) is 1.31. The molecule has 0 aliphatic heterocycles. The normalized spacial score (nSPS) is 8.00. The second-order valence-electron chi connectivity index (χ2n) is 1.80. The molecule has 0 unspecified atom stereocenters. The van der Waals surface area contributed by atoms with Crippen LogP contribution in [0.15, 0.2) is 0 Å². The SMILES string of the molecule is Br.CCC(C)C. The van der Waals surface area contributed by atoms with Crippen molar-refractivity contribution in [1.29, 1.82) is 0 Å². The molecule has 0 amide bonds. The Hall–Kier alpha value is 0.480. The molecule has 0 aliphatic rings. The molecule has 0 heterocycles. The first-order valence-electron chi connectivity index (χ1n) is 2.27. The van der Waals surface area contributed by atoms with Crippen molar-refractivity contribution >= 4 is 17.0 Å². The van der Waals surface area contributed by atoms with Gasteiger partial charge >= 0.3 is 0 Å². The highest BCUT2D eigenvalue weighted by molar-refractivity contribution is 8.93. The summed E-state index contributed by atoms with van der Waals surface area (Å²) in [4.78, 5) is 0. The molecule has 6 heavy (non-hydrogen) atoms. The number of hydrogen-bond acceptors (Lipinski definition) is 0. The molecule has 0 spiro atoms. The van der Waals surface area contributed by atoms with Crippen LogP contribution in [0.5, 0.6) is 0 Å². The van der Waals surface area contributed by atoms with Crippen LogP contribution in [0.3, 0.4) is 0 Å². The lowest BCUT2D eigenvalue weighted by Gasteiger charge is -1.90. The molecular formula is C5H13Br. The van der Waals surface area contributed by atoms with Crippen LogP contribution in [-0.2, 0) is 0 Å². The summed E-state index contributed by atoms with van der Waals surface area (Å²) in [6.45, 7) is 6.64. The number of rotatable bonds is 1. The summed E-state index contributed by atoms with van der Waals surface area (Å²) < 4.78 is 0. The third-order valence-electron chi connectivity index (χ3n) is 0.816. The Morgan fingerprint density at radius 2 is 1.50 bits per heavy atom. The Morgan fingerprint density at radius 1 is 1.33 bits per heavy atom. The van der Waals surface area contributed by atoms with Crippen molar-refractivity contribution in [3.05, 3.63) is 0 Å². The zero-order valence-electron chi connectivity index (χ0n) is 4.69. The molecule has 0 aliphatic carbocycles. The number of halogens is 1. The van der Waals surface area contributed by atoms with Gasteiger partial charge in [0.05, 0.1) is 0 Å². The first-order valence-corrected chi connectivity index (χ1v) is 2.27. The topological polar surface area (TPSA) is 0 Å². The van der Waals surface area contributed by atoms with Crippen molar-refractivity contribution < 1.29 is 0 Å². The van der Waals surface area contributed by atoms with Crippen LogP contribution < -0.4 is 0 Å². The highest BCUT2D eigenvalue weighted by atomic mass is 79.9. The van der Waals surface area contributed by atoms with Crippen LogP contribution in [0.4, 0.5) is 0 Å². The number of hydrogen-bond donors (Lipinski definition) is 0. The smallest absolute Gasteiger partial charge is 0.0474 e. The van der Waals surface area contributed by atoms with E-state index in [1.807, 2.05) is 0 Å². The van der Waals surface area contributed by atoms with Gasteiger partial charge < -0.3 is 0 Å². The van der Waals surface area contributed by atoms with Crippen molar-refractivity contribution in [2.75, 3.05) is 0 Å². The van der Waals surface area contributed by atoms with Crippen LogP contribution in [0.1, 0.15) is 27.2 Å². The Balaban J connectivity index is 0. The molecule has 0 saturated carbocycles. The zero-order chi connectivity index (χ0) is 4.28. The van der Waals surface area contributed by atoms with E-state index in [0.29, 0.717) is 0 Å². The second kappa shape index (κ2) is 5.48. The third kappa shape index (κ3) is 8.82. The predicted octanol–water partition coefficient (Wildman–Crippen LogP) is 2.63. The minimum atomic E-state index is 0. The van der Waals surface area contributed by atoms with Crippen LogP contribution in [-0.4, -0.2) is 0 Å². The van der Waals surface area contributed by atoms with Crippen LogP contribution >= 0.6 is 17.0 Å². The van der Waals surface area contributed by atoms with E-state index in [1.54, 1.807) is 0 Å². The van der Waals surface area contributed by atoms with E-state index in [-0.39, 0.29) is 17.0 Å². The summed E-state index contributed by atoms with van der Waals surface area (Å²) in [7, 11) is 0. The lowest BCUT2D eigenvalue weighted by atomic mass is 10.2. The second-order valence-corrected chi connectivity index (χ2v) is 1.80. The molecule has 0 aromatic heterocycles. The minimum Gasteiger partial charge on any atom is -0.114 e. The van der Waals surface area contributed by atoms with Crippen LogP contribution in [0.2, 0.25) is 0 Å². The first kappa shape index (κ1) is 9.70. The van der Waals surface area contributed by atoms with Gasteiger partial charge in [-0.05, 0) is 5.92 Å². The molecule has 0 saturated heterocycles. The molecule has 40 valence electrons. The van der Waals surface area contributed by atoms with E-state index >= 15 is 0 Å². The molecule has 0 rings (SSSR count). The zero-order valence-corrected chi connectivity index (χ0v) is 6.41. The van der Waals surface area contributed by atoms with E-state index in [0.717, 1.165) is 5.92 Å². The average Bonchev–Trinajstić information content (AvgIpc) is 1.38. The van der Waals surface area contributed by atoms with E-state index in [9.17, 15) is 0 Å². The van der Waals surface area contributed by atoms with Gasteiger partial charge in [-0.25, -0.2) is 0 Å². The van der Waals surface area contributed by atoms with Crippen molar-refractivity contribution in [3.63, 3.8) is 0 Å². The molecule has 0 aromatic rings. The van der Waals surface area contributed by atoms with Crippen LogP contribution in [0, 0.1) is 5.92 Å².